The first kappa shape index (κ1) is 17.9. The van der Waals surface area contributed by atoms with Crippen LogP contribution >= 0.6 is 7.60 Å². The topological polar surface area (TPSA) is 182 Å². The molecule has 0 unspecified atom stereocenters. The Hall–Kier alpha value is -1.48. The van der Waals surface area contributed by atoms with Gasteiger partial charge in [0.2, 0.25) is 0 Å². The molecule has 17 heavy (non-hydrogen) atoms. The molecule has 6 N–H and O–H groups in total. The first-order valence-corrected chi connectivity index (χ1v) is 5.51. The summed E-state index contributed by atoms with van der Waals surface area (Å²) < 4.78 is 20.0. The number of rotatable bonds is 8. The lowest BCUT2D eigenvalue weighted by atomic mass is 10.8. The first-order valence-electron chi connectivity index (χ1n) is 3.79. The molecule has 0 aromatic heterocycles. The fourth-order valence-electron chi connectivity index (χ4n) is 0.601. The van der Waals surface area contributed by atoms with E-state index in [0.717, 1.165) is 0 Å². The number of hydrogen-bond acceptors (Lipinski definition) is 7. The molecule has 100 valence electrons. The molecule has 0 fully saturated rings. The monoisotopic (exact) mass is 273 g/mol. The van der Waals surface area contributed by atoms with Crippen molar-refractivity contribution in [1.29, 1.82) is 0 Å². The minimum Gasteiger partial charge on any atom is -0.481 e. The molecule has 0 rings (SSSR count). The summed E-state index contributed by atoms with van der Waals surface area (Å²) in [5.74, 6) is -4.52. The van der Waals surface area contributed by atoms with Gasteiger partial charge in [0.15, 0.2) is 13.2 Å². The van der Waals surface area contributed by atoms with Gasteiger partial charge in [-0.05, 0) is 0 Å². The number of carbonyl (C=O) groups is 3. The van der Waals surface area contributed by atoms with E-state index >= 15 is 0 Å². The summed E-state index contributed by atoms with van der Waals surface area (Å²) in [5, 5.41) is 24.8. The Kier molecular flexibility index (Phi) is 8.15. The highest BCUT2D eigenvalue weighted by Crippen LogP contribution is 2.47. The van der Waals surface area contributed by atoms with Gasteiger partial charge in [-0.3, -0.25) is 18.4 Å². The molecule has 0 bridgehead atoms. The van der Waals surface area contributed by atoms with Crippen molar-refractivity contribution in [3.63, 3.8) is 0 Å². The van der Waals surface area contributed by atoms with Crippen molar-refractivity contribution in [3.8, 4) is 0 Å². The van der Waals surface area contributed by atoms with Crippen molar-refractivity contribution in [2.24, 2.45) is 0 Å². The van der Waals surface area contributed by atoms with E-state index < -0.39 is 44.9 Å². The zero-order chi connectivity index (χ0) is 12.8. The standard InChI is InChI=1S/C6H9O9P.H3N/c7-4(8)1-14-16(13,3-6(11)12)15-2-5(9)10;/h1-3H2,(H,7,8)(H,9,10)(H,11,12);1H3. The van der Waals surface area contributed by atoms with Crippen LogP contribution in [0.2, 0.25) is 0 Å². The van der Waals surface area contributed by atoms with Crippen LogP contribution in [0.5, 0.6) is 0 Å². The molecular weight excluding hydrogens is 261 g/mol. The van der Waals surface area contributed by atoms with Gasteiger partial charge in [0.05, 0.1) is 0 Å². The highest BCUT2D eigenvalue weighted by molar-refractivity contribution is 7.54. The molecule has 0 aliphatic heterocycles. The normalized spacial score (nSPS) is 10.4. The fraction of sp³-hybridized carbons (Fsp3) is 0.500. The van der Waals surface area contributed by atoms with Crippen molar-refractivity contribution in [2.75, 3.05) is 19.4 Å². The smallest absolute Gasteiger partial charge is 0.342 e. The van der Waals surface area contributed by atoms with Crippen LogP contribution in [0.1, 0.15) is 0 Å². The minimum atomic E-state index is -4.24. The molecule has 0 saturated carbocycles. The second kappa shape index (κ2) is 7.74. The SMILES string of the molecule is N.O=C(O)COP(=O)(CC(=O)O)OCC(=O)O. The van der Waals surface area contributed by atoms with Crippen molar-refractivity contribution < 1.29 is 43.3 Å². The van der Waals surface area contributed by atoms with Crippen LogP contribution in [0.4, 0.5) is 0 Å². The Balaban J connectivity index is 0. The van der Waals surface area contributed by atoms with Crippen LogP contribution < -0.4 is 6.15 Å². The van der Waals surface area contributed by atoms with Crippen LogP contribution in [-0.2, 0) is 28.0 Å². The third-order valence-corrected chi connectivity index (χ3v) is 2.80. The molecule has 11 heteroatoms. The Morgan fingerprint density at radius 1 is 0.882 bits per heavy atom. The Morgan fingerprint density at radius 3 is 1.47 bits per heavy atom. The van der Waals surface area contributed by atoms with Gasteiger partial charge in [0.25, 0.3) is 0 Å². The highest BCUT2D eigenvalue weighted by atomic mass is 31.2. The van der Waals surface area contributed by atoms with Gasteiger partial charge >= 0.3 is 25.5 Å². The van der Waals surface area contributed by atoms with Gasteiger partial charge in [-0.1, -0.05) is 0 Å². The van der Waals surface area contributed by atoms with Gasteiger partial charge in [-0.2, -0.15) is 0 Å². The summed E-state index contributed by atoms with van der Waals surface area (Å²) >= 11 is 0. The van der Waals surface area contributed by atoms with Crippen molar-refractivity contribution in [2.45, 2.75) is 0 Å². The summed E-state index contributed by atoms with van der Waals surface area (Å²) in [7, 11) is -4.24. The van der Waals surface area contributed by atoms with Crippen LogP contribution in [0, 0.1) is 0 Å². The first-order chi connectivity index (χ1) is 7.25. The van der Waals surface area contributed by atoms with Crippen LogP contribution in [0.15, 0.2) is 0 Å². The largest absolute Gasteiger partial charge is 0.481 e. The zero-order valence-electron chi connectivity index (χ0n) is 8.57. The van der Waals surface area contributed by atoms with Gasteiger partial charge in [0.1, 0.15) is 6.16 Å². The lowest BCUT2D eigenvalue weighted by Gasteiger charge is -2.14. The van der Waals surface area contributed by atoms with E-state index in [1.807, 2.05) is 0 Å². The minimum absolute atomic E-state index is 0. The summed E-state index contributed by atoms with van der Waals surface area (Å²) in [6, 6.07) is 0. The van der Waals surface area contributed by atoms with Gasteiger partial charge < -0.3 is 21.5 Å². The molecule has 0 aliphatic carbocycles. The number of aliphatic carboxylic acids is 3. The summed E-state index contributed by atoms with van der Waals surface area (Å²) in [4.78, 5) is 30.5. The van der Waals surface area contributed by atoms with E-state index in [1.54, 1.807) is 0 Å². The average Bonchev–Trinajstić information content (AvgIpc) is 2.11. The summed E-state index contributed by atoms with van der Waals surface area (Å²) in [6.07, 6.45) is -1.10. The molecule has 0 heterocycles. The van der Waals surface area contributed by atoms with Crippen LogP contribution in [0.25, 0.3) is 0 Å². The Labute approximate surface area is 95.3 Å². The fourth-order valence-corrected chi connectivity index (χ4v) is 1.80. The predicted octanol–water partition coefficient (Wildman–Crippen LogP) is -0.372. The maximum Gasteiger partial charge on any atom is 0.342 e. The van der Waals surface area contributed by atoms with E-state index in [0.29, 0.717) is 0 Å². The molecule has 0 atom stereocenters. The molecule has 0 aromatic carbocycles. The third-order valence-electron chi connectivity index (χ3n) is 1.10. The van der Waals surface area contributed by atoms with E-state index in [2.05, 4.69) is 9.05 Å². The zero-order valence-corrected chi connectivity index (χ0v) is 9.46. The summed E-state index contributed by atoms with van der Waals surface area (Å²) in [6.45, 7) is -2.08. The molecule has 0 spiro atoms. The van der Waals surface area contributed by atoms with Crippen molar-refractivity contribution in [1.82, 2.24) is 6.15 Å². The Morgan fingerprint density at radius 2 is 1.24 bits per heavy atom. The van der Waals surface area contributed by atoms with Gasteiger partial charge in [-0.25, -0.2) is 9.59 Å². The Bertz CT molecular complexity index is 318. The number of hydrogen-bond donors (Lipinski definition) is 4. The van der Waals surface area contributed by atoms with E-state index in [4.69, 9.17) is 15.3 Å². The number of carboxylic acids is 3. The van der Waals surface area contributed by atoms with Crippen LogP contribution in [-0.4, -0.2) is 52.6 Å². The molecule has 10 nitrogen and oxygen atoms in total. The van der Waals surface area contributed by atoms with Gasteiger partial charge in [-0.15, -0.1) is 0 Å². The van der Waals surface area contributed by atoms with Crippen LogP contribution in [0.3, 0.4) is 0 Å². The lowest BCUT2D eigenvalue weighted by Crippen LogP contribution is -2.15. The van der Waals surface area contributed by atoms with Crippen molar-refractivity contribution in [3.05, 3.63) is 0 Å². The van der Waals surface area contributed by atoms with Gasteiger partial charge in [0, 0.05) is 0 Å². The quantitative estimate of drug-likeness (QED) is 0.425. The summed E-state index contributed by atoms with van der Waals surface area (Å²) in [5.41, 5.74) is 0. The molecule has 0 aromatic rings. The predicted molar refractivity (Wildman–Crippen MR) is 52.3 cm³/mol. The highest BCUT2D eigenvalue weighted by Gasteiger charge is 2.30. The maximum absolute atomic E-state index is 11.5. The van der Waals surface area contributed by atoms with Crippen molar-refractivity contribution >= 4 is 25.5 Å². The molecule has 0 amide bonds. The molecule has 0 radical (unpaired) electrons. The van der Waals surface area contributed by atoms with E-state index in [9.17, 15) is 18.9 Å². The molecule has 0 aliphatic rings. The second-order valence-corrected chi connectivity index (χ2v) is 4.55. The molecule has 0 saturated heterocycles. The average molecular weight is 273 g/mol. The maximum atomic E-state index is 11.5. The third kappa shape index (κ3) is 9.45. The molecular formula is C6H12NO9P. The lowest BCUT2D eigenvalue weighted by molar-refractivity contribution is -0.141. The van der Waals surface area contributed by atoms with E-state index in [-0.39, 0.29) is 6.15 Å². The van der Waals surface area contributed by atoms with E-state index in [1.165, 1.54) is 0 Å². The second-order valence-electron chi connectivity index (χ2n) is 2.50. The number of carboxylic acid groups (broad SMARTS) is 3.